The van der Waals surface area contributed by atoms with Gasteiger partial charge in [0.1, 0.15) is 5.82 Å². The second-order valence-corrected chi connectivity index (χ2v) is 11.3. The highest BCUT2D eigenvalue weighted by molar-refractivity contribution is 7.18. The van der Waals surface area contributed by atoms with Gasteiger partial charge in [0.25, 0.3) is 0 Å². The monoisotopic (exact) mass is 473 g/mol. The lowest BCUT2D eigenvalue weighted by atomic mass is 9.93. The Morgan fingerprint density at radius 3 is 2.40 bits per heavy atom. The topological polar surface area (TPSA) is 41.0 Å². The molecule has 7 rings (SSSR count). The third kappa shape index (κ3) is 3.09. The molecule has 0 fully saturated rings. The molecular formula is C31H27N3S. The Kier molecular flexibility index (Phi) is 4.46. The van der Waals surface area contributed by atoms with Crippen LogP contribution in [0.3, 0.4) is 0 Å². The summed E-state index contributed by atoms with van der Waals surface area (Å²) in [7, 11) is 0. The molecule has 0 unspecified atom stereocenters. The lowest BCUT2D eigenvalue weighted by Crippen LogP contribution is -2.06. The Balaban J connectivity index is 1.39. The van der Waals surface area contributed by atoms with Crippen LogP contribution >= 0.6 is 11.3 Å². The van der Waals surface area contributed by atoms with Gasteiger partial charge in [0.05, 0.1) is 16.7 Å². The van der Waals surface area contributed by atoms with Gasteiger partial charge in [-0.2, -0.15) is 0 Å². The number of hydrogen-bond donors (Lipinski definition) is 1. The standard InChI is InChI=1S/C31H27N3S/c1-16(2)27-15-24-22-9-6-19(14-25(22)30-23(11-12-35-30)28(24)32-27)18-5-8-21-20(13-18)7-10-26-29(21)34-31(33-26)17(3)4/h5-14,16-17H,15H2,1-4H3,(H,33,34). The van der Waals surface area contributed by atoms with Gasteiger partial charge in [-0.15, -0.1) is 11.3 Å². The molecule has 0 bridgehead atoms. The van der Waals surface area contributed by atoms with Gasteiger partial charge in [0.2, 0.25) is 0 Å². The summed E-state index contributed by atoms with van der Waals surface area (Å²) in [5, 5.41) is 8.62. The van der Waals surface area contributed by atoms with Crippen molar-refractivity contribution in [1.82, 2.24) is 9.97 Å². The first kappa shape index (κ1) is 20.8. The van der Waals surface area contributed by atoms with Crippen LogP contribution in [0.2, 0.25) is 0 Å². The fourth-order valence-corrected chi connectivity index (χ4v) is 6.38. The molecule has 0 spiro atoms. The third-order valence-electron chi connectivity index (χ3n) is 7.44. The summed E-state index contributed by atoms with van der Waals surface area (Å²) >= 11 is 1.82. The van der Waals surface area contributed by atoms with Crippen molar-refractivity contribution in [2.45, 2.75) is 40.0 Å². The highest BCUT2D eigenvalue weighted by atomic mass is 32.1. The SMILES string of the molecule is CC(C)C1=Nc2c(c3ccc(-c4ccc5c(ccc6[nH]c(C(C)C)nc65)c4)cc3c3sccc23)C1. The van der Waals surface area contributed by atoms with E-state index >= 15 is 0 Å². The van der Waals surface area contributed by atoms with Crippen molar-refractivity contribution >= 4 is 65.4 Å². The minimum Gasteiger partial charge on any atom is -0.342 e. The van der Waals surface area contributed by atoms with Crippen molar-refractivity contribution in [3.8, 4) is 11.1 Å². The Morgan fingerprint density at radius 2 is 1.60 bits per heavy atom. The number of rotatable bonds is 3. The van der Waals surface area contributed by atoms with E-state index in [1.54, 1.807) is 0 Å². The molecule has 172 valence electrons. The zero-order chi connectivity index (χ0) is 23.8. The van der Waals surface area contributed by atoms with Crippen LogP contribution in [-0.2, 0) is 6.42 Å². The number of imidazole rings is 1. The van der Waals surface area contributed by atoms with Crippen LogP contribution in [0, 0.1) is 5.92 Å². The smallest absolute Gasteiger partial charge is 0.109 e. The predicted molar refractivity (Wildman–Crippen MR) is 152 cm³/mol. The molecule has 0 saturated carbocycles. The van der Waals surface area contributed by atoms with Crippen LogP contribution in [0.5, 0.6) is 0 Å². The van der Waals surface area contributed by atoms with Crippen molar-refractivity contribution in [3.05, 3.63) is 71.4 Å². The number of aromatic amines is 1. The average molecular weight is 474 g/mol. The maximum Gasteiger partial charge on any atom is 0.109 e. The molecule has 0 amide bonds. The van der Waals surface area contributed by atoms with Crippen LogP contribution in [0.4, 0.5) is 5.69 Å². The van der Waals surface area contributed by atoms with Gasteiger partial charge in [-0.3, -0.25) is 4.99 Å². The Bertz CT molecular complexity index is 1830. The van der Waals surface area contributed by atoms with Gasteiger partial charge >= 0.3 is 0 Å². The number of fused-ring (bicyclic) bond motifs is 9. The molecule has 1 aliphatic rings. The van der Waals surface area contributed by atoms with E-state index in [2.05, 4.69) is 92.7 Å². The number of benzene rings is 4. The molecule has 3 nitrogen and oxygen atoms in total. The lowest BCUT2D eigenvalue weighted by Gasteiger charge is -2.11. The molecule has 3 heterocycles. The van der Waals surface area contributed by atoms with E-state index < -0.39 is 0 Å². The molecule has 6 aromatic rings. The fraction of sp³-hybridized carbons (Fsp3) is 0.226. The molecule has 35 heavy (non-hydrogen) atoms. The quantitative estimate of drug-likeness (QED) is 0.273. The fourth-order valence-electron chi connectivity index (χ4n) is 5.45. The van der Waals surface area contributed by atoms with E-state index in [9.17, 15) is 0 Å². The van der Waals surface area contributed by atoms with E-state index in [4.69, 9.17) is 9.98 Å². The summed E-state index contributed by atoms with van der Waals surface area (Å²) in [6, 6.07) is 20.4. The lowest BCUT2D eigenvalue weighted by molar-refractivity contribution is 0.799. The van der Waals surface area contributed by atoms with Gasteiger partial charge in [0, 0.05) is 38.9 Å². The van der Waals surface area contributed by atoms with Crippen LogP contribution in [-0.4, -0.2) is 15.7 Å². The largest absolute Gasteiger partial charge is 0.342 e. The maximum absolute atomic E-state index is 5.07. The second-order valence-electron chi connectivity index (χ2n) is 10.4. The molecule has 4 heteroatoms. The first-order valence-electron chi connectivity index (χ1n) is 12.4. The Hall–Kier alpha value is -3.50. The Labute approximate surface area is 208 Å². The van der Waals surface area contributed by atoms with Crippen molar-refractivity contribution in [3.63, 3.8) is 0 Å². The summed E-state index contributed by atoms with van der Waals surface area (Å²) in [6.45, 7) is 8.84. The summed E-state index contributed by atoms with van der Waals surface area (Å²) in [4.78, 5) is 13.4. The number of thiophene rings is 1. The first-order valence-corrected chi connectivity index (χ1v) is 13.3. The van der Waals surface area contributed by atoms with Crippen LogP contribution in [0.25, 0.3) is 53.8 Å². The molecule has 0 saturated heterocycles. The number of aliphatic imine (C=N–C) groups is 1. The summed E-state index contributed by atoms with van der Waals surface area (Å²) in [6.07, 6.45) is 0.961. The zero-order valence-electron chi connectivity index (χ0n) is 20.4. The van der Waals surface area contributed by atoms with E-state index in [-0.39, 0.29) is 0 Å². The van der Waals surface area contributed by atoms with Crippen LogP contribution in [0.1, 0.15) is 45.0 Å². The van der Waals surface area contributed by atoms with E-state index in [0.717, 1.165) is 23.3 Å². The Morgan fingerprint density at radius 1 is 0.800 bits per heavy atom. The third-order valence-corrected chi connectivity index (χ3v) is 8.39. The molecule has 4 aromatic carbocycles. The van der Waals surface area contributed by atoms with Gasteiger partial charge in [-0.25, -0.2) is 4.98 Å². The van der Waals surface area contributed by atoms with Crippen molar-refractivity contribution in [2.75, 3.05) is 0 Å². The summed E-state index contributed by atoms with van der Waals surface area (Å²) in [5.74, 6) is 1.90. The highest BCUT2D eigenvalue weighted by Gasteiger charge is 2.23. The predicted octanol–water partition coefficient (Wildman–Crippen LogP) is 9.16. The van der Waals surface area contributed by atoms with Gasteiger partial charge in [0.15, 0.2) is 0 Å². The molecule has 0 radical (unpaired) electrons. The summed E-state index contributed by atoms with van der Waals surface area (Å²) in [5.41, 5.74) is 8.54. The van der Waals surface area contributed by atoms with E-state index in [0.29, 0.717) is 11.8 Å². The van der Waals surface area contributed by atoms with Crippen LogP contribution < -0.4 is 0 Å². The normalized spacial score (nSPS) is 13.7. The second kappa shape index (κ2) is 7.50. The number of nitrogens with zero attached hydrogens (tertiary/aromatic N) is 2. The number of nitrogens with one attached hydrogen (secondary N) is 1. The molecule has 1 aliphatic heterocycles. The first-order chi connectivity index (χ1) is 17.0. The van der Waals surface area contributed by atoms with Gasteiger partial charge in [-0.05, 0) is 63.0 Å². The van der Waals surface area contributed by atoms with Gasteiger partial charge in [-0.1, -0.05) is 58.0 Å². The number of H-pyrrole nitrogens is 1. The summed E-state index contributed by atoms with van der Waals surface area (Å²) < 4.78 is 1.34. The number of aromatic nitrogens is 2. The molecule has 0 aliphatic carbocycles. The van der Waals surface area contributed by atoms with Crippen LogP contribution in [0.15, 0.2) is 65.0 Å². The van der Waals surface area contributed by atoms with E-state index in [1.165, 1.54) is 59.7 Å². The van der Waals surface area contributed by atoms with Crippen molar-refractivity contribution < 1.29 is 0 Å². The van der Waals surface area contributed by atoms with Gasteiger partial charge < -0.3 is 4.98 Å². The average Bonchev–Trinajstić information content (AvgIpc) is 3.61. The molecule has 0 atom stereocenters. The minimum atomic E-state index is 0.381. The van der Waals surface area contributed by atoms with Crippen molar-refractivity contribution in [1.29, 1.82) is 0 Å². The molecule has 2 aromatic heterocycles. The maximum atomic E-state index is 5.07. The van der Waals surface area contributed by atoms with E-state index in [1.807, 2.05) is 11.3 Å². The highest BCUT2D eigenvalue weighted by Crippen LogP contribution is 2.45. The minimum absolute atomic E-state index is 0.381. The molecule has 1 N–H and O–H groups in total. The van der Waals surface area contributed by atoms with Crippen molar-refractivity contribution in [2.24, 2.45) is 10.9 Å². The zero-order valence-corrected chi connectivity index (χ0v) is 21.3. The number of hydrogen-bond acceptors (Lipinski definition) is 3. The molecular weight excluding hydrogens is 446 g/mol.